The van der Waals surface area contributed by atoms with Crippen LogP contribution in [0.4, 0.5) is 23.3 Å². The summed E-state index contributed by atoms with van der Waals surface area (Å²) < 4.78 is 12.9. The lowest BCUT2D eigenvalue weighted by atomic mass is 9.96. The zero-order valence-electron chi connectivity index (χ0n) is 66.5. The molecule has 604 valence electrons. The van der Waals surface area contributed by atoms with E-state index < -0.39 is 0 Å². The van der Waals surface area contributed by atoms with Crippen LogP contribution in [-0.2, 0) is 29.4 Å². The van der Waals surface area contributed by atoms with E-state index >= 15 is 0 Å². The van der Waals surface area contributed by atoms with Gasteiger partial charge in [0.15, 0.2) is 23.3 Å². The van der Waals surface area contributed by atoms with Gasteiger partial charge in [0.05, 0.1) is 134 Å². The van der Waals surface area contributed by atoms with Gasteiger partial charge < -0.3 is 30.7 Å². The average Bonchev–Trinajstić information content (AvgIpc) is 1.21. The first kappa shape index (κ1) is 81.4. The smallest absolute Gasteiger partial charge is 0.156 e. The minimum Gasteiger partial charge on any atom is -0.379 e. The molecule has 26 nitrogen and oxygen atoms in total. The Balaban J connectivity index is 0.000000121. The molecule has 0 saturated carbocycles. The van der Waals surface area contributed by atoms with Gasteiger partial charge in [0, 0.05) is 117 Å². The zero-order valence-corrected chi connectivity index (χ0v) is 69.5. The minimum absolute atomic E-state index is 0.0689. The number of hydrogen-bond donors (Lipinski definition) is 4. The number of rotatable bonds is 20. The summed E-state index contributed by atoms with van der Waals surface area (Å²) in [7, 11) is 1.95. The van der Waals surface area contributed by atoms with Crippen molar-refractivity contribution in [3.63, 3.8) is 0 Å². The van der Waals surface area contributed by atoms with E-state index in [1.807, 2.05) is 135 Å². The highest BCUT2D eigenvalue weighted by Crippen LogP contribution is 2.38. The second kappa shape index (κ2) is 37.7. The molecule has 19 rings (SSSR count). The van der Waals surface area contributed by atoms with Gasteiger partial charge in [-0.1, -0.05) is 108 Å². The molecular formula is C90H84Cl4N24O2. The van der Waals surface area contributed by atoms with Crippen LogP contribution < -0.4 is 21.3 Å². The summed E-state index contributed by atoms with van der Waals surface area (Å²) in [5.41, 5.74) is 14.9. The molecule has 17 aromatic rings. The second-order valence-electron chi connectivity index (χ2n) is 29.0. The highest BCUT2D eigenvalue weighted by Gasteiger charge is 2.24. The molecule has 0 unspecified atom stereocenters. The van der Waals surface area contributed by atoms with Crippen LogP contribution in [-0.4, -0.2) is 165 Å². The fourth-order valence-electron chi connectivity index (χ4n) is 14.8. The van der Waals surface area contributed by atoms with Crippen LogP contribution in [0.3, 0.4) is 0 Å². The van der Waals surface area contributed by atoms with Crippen LogP contribution in [0, 0.1) is 0 Å². The molecule has 4 N–H and O–H groups in total. The standard InChI is InChI=1S/C28H30N8O.C24H25ClN6O.C20H16ClN5.C18H13Cl2N5/c1-19(33-28-27-24(30-18-31-28)7-4-9-29-27)25-15-20-5-3-6-22(21-16-32-35(2)17-21)26(20)23(34-25)8-10-36-11-13-37-14-12-36;1-16(29-24-23-20(27-15-28-24)6-3-8-26-23)21-14-17-4-2-5-18(25)22(17)19(30-21)7-9-31-10-12-32-13-11-31;1-3-15-18-13(6-4-7-14(18)21)10-17(26-15)12(2)25-20-19-16(23-11-24-20)8-5-9-22-19;1-10(24-18-16-13(22-9-23-18)6-3-7-21-16)14-8-11-4-2-5-12(19)15(11)17(20)25-14/h3-7,9,15-19H,8,10-14H2,1-2H3,(H,30,31,33);2-6,8,14-16H,7,9-13H2,1H3,(H,27,28,29);3-12H,1H2,2H3,(H,23,24,25);2-10H,1H3,(H,22,23,24)/t19-;16-;12-;10-/m0000/s1. The summed E-state index contributed by atoms with van der Waals surface area (Å²) in [6.45, 7) is 21.0. The van der Waals surface area contributed by atoms with Crippen molar-refractivity contribution in [2.24, 2.45) is 7.05 Å². The van der Waals surface area contributed by atoms with Gasteiger partial charge in [-0.2, -0.15) is 5.10 Å². The highest BCUT2D eigenvalue weighted by atomic mass is 35.5. The molecule has 0 radical (unpaired) electrons. The van der Waals surface area contributed by atoms with Gasteiger partial charge >= 0.3 is 0 Å². The number of nitrogens with zero attached hydrogens (tertiary/aromatic N) is 20. The van der Waals surface area contributed by atoms with E-state index in [9.17, 15) is 0 Å². The molecule has 2 aliphatic rings. The lowest BCUT2D eigenvalue weighted by Crippen LogP contribution is -2.37. The van der Waals surface area contributed by atoms with Gasteiger partial charge in [0.25, 0.3) is 0 Å². The fraction of sp³-hybridized carbons (Fsp3) is 0.233. The molecule has 0 aliphatic carbocycles. The van der Waals surface area contributed by atoms with Crippen LogP contribution in [0.2, 0.25) is 20.2 Å². The van der Waals surface area contributed by atoms with Gasteiger partial charge in [0.2, 0.25) is 0 Å². The number of aromatic nitrogens is 18. The van der Waals surface area contributed by atoms with E-state index in [2.05, 4.69) is 164 Å². The van der Waals surface area contributed by atoms with E-state index in [-0.39, 0.29) is 24.2 Å². The average molecular weight is 1680 g/mol. The predicted octanol–water partition coefficient (Wildman–Crippen LogP) is 18.4. The van der Waals surface area contributed by atoms with Gasteiger partial charge in [0.1, 0.15) is 52.5 Å². The van der Waals surface area contributed by atoms with Crippen molar-refractivity contribution < 1.29 is 9.47 Å². The van der Waals surface area contributed by atoms with Crippen molar-refractivity contribution in [1.29, 1.82) is 0 Å². The van der Waals surface area contributed by atoms with E-state index in [1.165, 1.54) is 23.4 Å². The molecule has 2 fully saturated rings. The Bertz CT molecular complexity index is 6540. The fourth-order valence-corrected chi connectivity index (χ4v) is 16.0. The number of morpholine rings is 2. The van der Waals surface area contributed by atoms with Crippen molar-refractivity contribution in [3.8, 4) is 11.1 Å². The molecule has 2 saturated heterocycles. The number of aryl methyl sites for hydroxylation is 1. The van der Waals surface area contributed by atoms with Crippen LogP contribution >= 0.6 is 46.4 Å². The number of pyridine rings is 8. The lowest BCUT2D eigenvalue weighted by Gasteiger charge is -2.27. The molecule has 0 amide bonds. The molecule has 4 aromatic carbocycles. The summed E-state index contributed by atoms with van der Waals surface area (Å²) in [5, 5.41) is 28.7. The summed E-state index contributed by atoms with van der Waals surface area (Å²) in [4.78, 5) is 76.7. The van der Waals surface area contributed by atoms with Crippen LogP contribution in [0.15, 0.2) is 215 Å². The van der Waals surface area contributed by atoms with Gasteiger partial charge in [-0.25, -0.2) is 44.9 Å². The topological polar surface area (TPSA) is 297 Å². The van der Waals surface area contributed by atoms with Crippen molar-refractivity contribution in [2.75, 3.05) is 87.0 Å². The third-order valence-corrected chi connectivity index (χ3v) is 22.2. The van der Waals surface area contributed by atoms with Crippen LogP contribution in [0.1, 0.15) is 91.7 Å². The molecule has 13 aromatic heterocycles. The van der Waals surface area contributed by atoms with E-state index in [0.717, 1.165) is 205 Å². The molecule has 4 atom stereocenters. The van der Waals surface area contributed by atoms with Crippen LogP contribution in [0.25, 0.3) is 104 Å². The maximum atomic E-state index is 6.60. The Morgan fingerprint density at radius 1 is 0.408 bits per heavy atom. The lowest BCUT2D eigenvalue weighted by molar-refractivity contribution is 0.0383. The molecule has 30 heteroatoms. The summed E-state index contributed by atoms with van der Waals surface area (Å²) >= 11 is 25.5. The maximum absolute atomic E-state index is 6.60. The number of benzene rings is 4. The molecule has 2 aliphatic heterocycles. The van der Waals surface area contributed by atoms with Gasteiger partial charge in [-0.05, 0) is 152 Å². The third kappa shape index (κ3) is 18.7. The Hall–Kier alpha value is -12.4. The monoisotopic (exact) mass is 1670 g/mol. The second-order valence-corrected chi connectivity index (χ2v) is 30.6. The van der Waals surface area contributed by atoms with Crippen molar-refractivity contribution in [1.82, 2.24) is 99.3 Å². The van der Waals surface area contributed by atoms with Gasteiger partial charge in [-0.3, -0.25) is 49.4 Å². The molecular weight excluding hydrogens is 1590 g/mol. The third-order valence-electron chi connectivity index (χ3n) is 21.0. The zero-order chi connectivity index (χ0) is 82.6. The van der Waals surface area contributed by atoms with E-state index in [1.54, 1.807) is 49.6 Å². The number of anilines is 4. The largest absolute Gasteiger partial charge is 0.379 e. The first-order valence-corrected chi connectivity index (χ1v) is 41.0. The normalized spacial score (nSPS) is 14.2. The minimum atomic E-state index is -0.124. The molecule has 15 heterocycles. The number of fused-ring (bicyclic) bond motifs is 8. The highest BCUT2D eigenvalue weighted by molar-refractivity contribution is 6.41. The Morgan fingerprint density at radius 3 is 1.18 bits per heavy atom. The summed E-state index contributed by atoms with van der Waals surface area (Å²) in [6.07, 6.45) is 20.5. The summed E-state index contributed by atoms with van der Waals surface area (Å²) in [6, 6.07) is 47.0. The van der Waals surface area contributed by atoms with Crippen molar-refractivity contribution >= 4 is 163 Å². The molecule has 0 spiro atoms. The number of hydrogen-bond acceptors (Lipinski definition) is 25. The summed E-state index contributed by atoms with van der Waals surface area (Å²) in [5.74, 6) is 2.74. The van der Waals surface area contributed by atoms with Crippen LogP contribution in [0.5, 0.6) is 0 Å². The van der Waals surface area contributed by atoms with E-state index in [0.29, 0.717) is 44.0 Å². The maximum Gasteiger partial charge on any atom is 0.156 e. The SMILES string of the molecule is C=Cc1nc([C@H](C)Nc2ncnc3cccnc23)cc2cccc(Cl)c12.C[C@H](Nc1ncnc2cccnc12)c1cc2cccc(-c3cnn(C)c3)c2c(CCN2CCOCC2)n1.C[C@H](Nc1ncnc2cccnc12)c1cc2cccc(Cl)c2c(CCN2CCOCC2)n1.C[C@H](Nc1ncnc2cccnc12)c1cc2cccc(Cl)c2c(Cl)n1. The number of ether oxygens (including phenoxy) is 2. The van der Waals surface area contributed by atoms with Crippen molar-refractivity contribution in [2.45, 2.75) is 64.7 Å². The first-order chi connectivity index (χ1) is 58.6. The molecule has 120 heavy (non-hydrogen) atoms. The quantitative estimate of drug-likeness (QED) is 0.0515. The predicted molar refractivity (Wildman–Crippen MR) is 479 cm³/mol. The number of nitrogens with one attached hydrogen (secondary N) is 4. The number of halogens is 4. The van der Waals surface area contributed by atoms with Crippen molar-refractivity contribution in [3.05, 3.63) is 275 Å². The Kier molecular flexibility index (Phi) is 25.6. The Morgan fingerprint density at radius 2 is 0.767 bits per heavy atom. The Labute approximate surface area is 711 Å². The molecule has 0 bridgehead atoms. The first-order valence-electron chi connectivity index (χ1n) is 39.5. The van der Waals surface area contributed by atoms with Gasteiger partial charge in [-0.15, -0.1) is 0 Å². The van der Waals surface area contributed by atoms with E-state index in [4.69, 9.17) is 70.8 Å².